The van der Waals surface area contributed by atoms with Crippen molar-refractivity contribution in [1.82, 2.24) is 20.2 Å². The fourth-order valence-electron chi connectivity index (χ4n) is 2.66. The molecule has 1 amide bonds. The Hall–Kier alpha value is -2.02. The van der Waals surface area contributed by atoms with Gasteiger partial charge in [-0.25, -0.2) is 9.78 Å². The molecule has 2 rings (SSSR count). The summed E-state index contributed by atoms with van der Waals surface area (Å²) in [6, 6.07) is 0.0447. The van der Waals surface area contributed by atoms with Crippen LogP contribution in [-0.4, -0.2) is 58.0 Å². The molecule has 1 aliphatic heterocycles. The number of ether oxygens (including phenoxy) is 1. The van der Waals surface area contributed by atoms with Gasteiger partial charge in [0.05, 0.1) is 12.7 Å². The quantitative estimate of drug-likeness (QED) is 0.830. The number of hydrogen-bond donors (Lipinski definition) is 1. The fourth-order valence-corrected chi connectivity index (χ4v) is 2.66. The van der Waals surface area contributed by atoms with Crippen LogP contribution in [-0.2, 0) is 4.74 Å². The lowest BCUT2D eigenvalue weighted by Crippen LogP contribution is -2.50. The average Bonchev–Trinajstić information content (AvgIpc) is 2.54. The van der Waals surface area contributed by atoms with Gasteiger partial charge >= 0.3 is 6.09 Å². The van der Waals surface area contributed by atoms with Crippen LogP contribution in [0.3, 0.4) is 0 Å². The van der Waals surface area contributed by atoms with Gasteiger partial charge in [-0.2, -0.15) is 0 Å². The van der Waals surface area contributed by atoms with Gasteiger partial charge in [0, 0.05) is 31.5 Å². The molecule has 1 fully saturated rings. The normalized spacial score (nSPS) is 18.3. The number of likely N-dealkylation sites (tertiary alicyclic amines) is 1. The molecule has 7 heteroatoms. The summed E-state index contributed by atoms with van der Waals surface area (Å²) in [7, 11) is 0. The van der Waals surface area contributed by atoms with Crippen molar-refractivity contribution in [2.45, 2.75) is 51.7 Å². The van der Waals surface area contributed by atoms with E-state index in [0.717, 1.165) is 19.3 Å². The van der Waals surface area contributed by atoms with E-state index < -0.39 is 5.60 Å². The van der Waals surface area contributed by atoms with Crippen molar-refractivity contribution in [2.75, 3.05) is 19.6 Å². The maximum Gasteiger partial charge on any atom is 0.410 e. The van der Waals surface area contributed by atoms with E-state index in [-0.39, 0.29) is 24.5 Å². The Balaban J connectivity index is 1.85. The molecule has 132 valence electrons. The first kappa shape index (κ1) is 18.3. The second-order valence-corrected chi connectivity index (χ2v) is 6.97. The maximum absolute atomic E-state index is 12.3. The Morgan fingerprint density at radius 1 is 1.33 bits per heavy atom. The smallest absolute Gasteiger partial charge is 0.410 e. The average molecular weight is 334 g/mol. The Labute approximate surface area is 142 Å². The molecular formula is C17H26N4O3. The molecule has 0 unspecified atom stereocenters. The molecule has 0 aliphatic carbocycles. The Morgan fingerprint density at radius 3 is 2.79 bits per heavy atom. The lowest BCUT2D eigenvalue weighted by molar-refractivity contribution is 0.0101. The van der Waals surface area contributed by atoms with Crippen LogP contribution in [0.25, 0.3) is 0 Å². The predicted molar refractivity (Wildman–Crippen MR) is 89.8 cm³/mol. The van der Waals surface area contributed by atoms with Crippen LogP contribution in [0.1, 0.15) is 50.5 Å². The van der Waals surface area contributed by atoms with Crippen molar-refractivity contribution in [3.05, 3.63) is 24.3 Å². The molecule has 0 saturated carbocycles. The van der Waals surface area contributed by atoms with Gasteiger partial charge in [0.2, 0.25) is 0 Å². The van der Waals surface area contributed by atoms with E-state index >= 15 is 0 Å². The molecule has 1 atom stereocenters. The first-order valence-corrected chi connectivity index (χ1v) is 8.36. The highest BCUT2D eigenvalue weighted by Gasteiger charge is 2.30. The van der Waals surface area contributed by atoms with Crippen LogP contribution < -0.4 is 5.32 Å². The van der Waals surface area contributed by atoms with Crippen LogP contribution in [0.15, 0.2) is 18.6 Å². The third-order valence-electron chi connectivity index (χ3n) is 3.77. The van der Waals surface area contributed by atoms with E-state index in [9.17, 15) is 9.59 Å². The molecule has 1 saturated heterocycles. The van der Waals surface area contributed by atoms with Gasteiger partial charge in [-0.05, 0) is 40.0 Å². The summed E-state index contributed by atoms with van der Waals surface area (Å²) in [6.45, 7) is 7.02. The molecule has 0 radical (unpaired) electrons. The Morgan fingerprint density at radius 2 is 2.12 bits per heavy atom. The summed E-state index contributed by atoms with van der Waals surface area (Å²) in [5.41, 5.74) is -0.160. The highest BCUT2D eigenvalue weighted by atomic mass is 16.6. The molecule has 0 spiro atoms. The number of piperidine rings is 1. The summed E-state index contributed by atoms with van der Waals surface area (Å²) in [5.74, 6) is -0.109. The molecule has 7 nitrogen and oxygen atoms in total. The standard InChI is InChI=1S/C17H26N4O3/c1-17(2,3)24-16(23)21-9-5-4-6-13(21)10-19-12-15(22)14-11-18-7-8-20-14/h7-8,11,13,19H,4-6,9-10,12H2,1-3H3/t13-/m0/s1. The minimum absolute atomic E-state index is 0.0447. The van der Waals surface area contributed by atoms with E-state index in [0.29, 0.717) is 18.8 Å². The highest BCUT2D eigenvalue weighted by molar-refractivity contribution is 5.95. The van der Waals surface area contributed by atoms with Crippen LogP contribution in [0.2, 0.25) is 0 Å². The van der Waals surface area contributed by atoms with Crippen LogP contribution in [0.5, 0.6) is 0 Å². The summed E-state index contributed by atoms with van der Waals surface area (Å²) in [6.07, 6.45) is 7.17. The molecule has 24 heavy (non-hydrogen) atoms. The van der Waals surface area contributed by atoms with Gasteiger partial charge in [0.15, 0.2) is 5.78 Å². The molecule has 1 N–H and O–H groups in total. The molecule has 1 aromatic heterocycles. The van der Waals surface area contributed by atoms with Crippen LogP contribution >= 0.6 is 0 Å². The number of amides is 1. The molecule has 1 aliphatic rings. The molecule has 2 heterocycles. The largest absolute Gasteiger partial charge is 0.444 e. The van der Waals surface area contributed by atoms with Crippen molar-refractivity contribution in [3.63, 3.8) is 0 Å². The van der Waals surface area contributed by atoms with Gasteiger partial charge < -0.3 is 15.0 Å². The lowest BCUT2D eigenvalue weighted by Gasteiger charge is -2.36. The zero-order valence-corrected chi connectivity index (χ0v) is 14.6. The predicted octanol–water partition coefficient (Wildman–Crippen LogP) is 2.04. The highest BCUT2D eigenvalue weighted by Crippen LogP contribution is 2.20. The number of hydrogen-bond acceptors (Lipinski definition) is 6. The van der Waals surface area contributed by atoms with Crippen LogP contribution in [0, 0.1) is 0 Å². The van der Waals surface area contributed by atoms with E-state index in [4.69, 9.17) is 4.74 Å². The Kier molecular flexibility index (Phi) is 6.25. The summed E-state index contributed by atoms with van der Waals surface area (Å²) in [5, 5.41) is 3.13. The number of ketones is 1. The number of nitrogens with one attached hydrogen (secondary N) is 1. The molecule has 0 aromatic carbocycles. The van der Waals surface area contributed by atoms with E-state index in [2.05, 4.69) is 15.3 Å². The summed E-state index contributed by atoms with van der Waals surface area (Å²) >= 11 is 0. The number of rotatable bonds is 5. The number of nitrogens with zero attached hydrogens (tertiary/aromatic N) is 3. The second kappa shape index (κ2) is 8.19. The van der Waals surface area contributed by atoms with Gasteiger partial charge in [-0.3, -0.25) is 9.78 Å². The van der Waals surface area contributed by atoms with Gasteiger partial charge in [-0.1, -0.05) is 0 Å². The minimum atomic E-state index is -0.506. The van der Waals surface area contributed by atoms with Crippen molar-refractivity contribution < 1.29 is 14.3 Å². The maximum atomic E-state index is 12.3. The van der Waals surface area contributed by atoms with Crippen molar-refractivity contribution in [3.8, 4) is 0 Å². The molecular weight excluding hydrogens is 308 g/mol. The van der Waals surface area contributed by atoms with Crippen molar-refractivity contribution in [1.29, 1.82) is 0 Å². The number of carbonyl (C=O) groups is 2. The third-order valence-corrected chi connectivity index (χ3v) is 3.77. The monoisotopic (exact) mass is 334 g/mol. The van der Waals surface area contributed by atoms with Crippen molar-refractivity contribution in [2.24, 2.45) is 0 Å². The Bertz CT molecular complexity index is 557. The van der Waals surface area contributed by atoms with E-state index in [1.165, 1.54) is 18.6 Å². The number of carbonyl (C=O) groups excluding carboxylic acids is 2. The zero-order chi connectivity index (χ0) is 17.6. The fraction of sp³-hybridized carbons (Fsp3) is 0.647. The lowest BCUT2D eigenvalue weighted by atomic mass is 10.0. The second-order valence-electron chi connectivity index (χ2n) is 6.97. The van der Waals surface area contributed by atoms with Gasteiger partial charge in [0.25, 0.3) is 0 Å². The number of aromatic nitrogens is 2. The summed E-state index contributed by atoms with van der Waals surface area (Å²) < 4.78 is 5.48. The first-order chi connectivity index (χ1) is 11.4. The van der Waals surface area contributed by atoms with Crippen molar-refractivity contribution >= 4 is 11.9 Å². The topological polar surface area (TPSA) is 84.4 Å². The molecule has 1 aromatic rings. The third kappa shape index (κ3) is 5.56. The minimum Gasteiger partial charge on any atom is -0.444 e. The zero-order valence-electron chi connectivity index (χ0n) is 14.6. The van der Waals surface area contributed by atoms with E-state index in [1.807, 2.05) is 20.8 Å². The molecule has 0 bridgehead atoms. The van der Waals surface area contributed by atoms with E-state index in [1.54, 1.807) is 4.90 Å². The van der Waals surface area contributed by atoms with Gasteiger partial charge in [0.1, 0.15) is 11.3 Å². The summed E-state index contributed by atoms with van der Waals surface area (Å²) in [4.78, 5) is 34.0. The SMILES string of the molecule is CC(C)(C)OC(=O)N1CCCC[C@H]1CNCC(=O)c1cnccn1. The number of Topliss-reactive ketones (excluding diaryl/α,β-unsaturated/α-hetero) is 1. The first-order valence-electron chi connectivity index (χ1n) is 8.36. The van der Waals surface area contributed by atoms with Crippen LogP contribution in [0.4, 0.5) is 4.79 Å². The van der Waals surface area contributed by atoms with Gasteiger partial charge in [-0.15, -0.1) is 0 Å².